The van der Waals surface area contributed by atoms with E-state index < -0.39 is 12.0 Å². The summed E-state index contributed by atoms with van der Waals surface area (Å²) in [5, 5.41) is 9.05. The molecular weight excluding hydrogens is 228 g/mol. The monoisotopic (exact) mass is 250 g/mol. The lowest BCUT2D eigenvalue weighted by Crippen LogP contribution is -2.43. The van der Waals surface area contributed by atoms with Crippen LogP contribution in [0.25, 0.3) is 0 Å². The molecule has 4 nitrogen and oxygen atoms in total. The fraction of sp³-hybridized carbons (Fsp3) is 0.500. The maximum Gasteiger partial charge on any atom is 0.322 e. The molecule has 0 amide bonds. The Hall–Kier alpha value is -1.39. The average molecular weight is 250 g/mol. The number of carbonyl (C=O) groups is 1. The first-order chi connectivity index (χ1) is 8.47. The Morgan fingerprint density at radius 2 is 1.89 bits per heavy atom. The van der Waals surface area contributed by atoms with Gasteiger partial charge in [-0.2, -0.15) is 0 Å². The Labute approximate surface area is 108 Å². The Morgan fingerprint density at radius 1 is 1.33 bits per heavy atom. The van der Waals surface area contributed by atoms with Gasteiger partial charge in [-0.3, -0.25) is 4.79 Å². The summed E-state index contributed by atoms with van der Waals surface area (Å²) in [5.41, 5.74) is 7.96. The zero-order chi connectivity index (χ0) is 13.7. The second kappa shape index (κ2) is 6.52. The zero-order valence-corrected chi connectivity index (χ0v) is 11.3. The third kappa shape index (κ3) is 3.55. The Morgan fingerprint density at radius 3 is 2.28 bits per heavy atom. The molecular formula is C14H22N2O2. The minimum absolute atomic E-state index is 0.307. The molecule has 2 unspecified atom stereocenters. The SMILES string of the molecule is CCCc1ccc(C(C(N)C(=O)O)N(C)C)cc1. The van der Waals surface area contributed by atoms with Crippen LogP contribution in [-0.4, -0.2) is 36.1 Å². The molecule has 1 aromatic rings. The van der Waals surface area contributed by atoms with Crippen LogP contribution < -0.4 is 5.73 Å². The number of carboxylic acids is 1. The van der Waals surface area contributed by atoms with Gasteiger partial charge in [-0.25, -0.2) is 0 Å². The summed E-state index contributed by atoms with van der Waals surface area (Å²) >= 11 is 0. The zero-order valence-electron chi connectivity index (χ0n) is 11.3. The van der Waals surface area contributed by atoms with Crippen LogP contribution in [0.4, 0.5) is 0 Å². The highest BCUT2D eigenvalue weighted by molar-refractivity contribution is 5.74. The van der Waals surface area contributed by atoms with Crippen molar-refractivity contribution in [2.24, 2.45) is 5.73 Å². The third-order valence-corrected chi connectivity index (χ3v) is 3.04. The lowest BCUT2D eigenvalue weighted by atomic mass is 9.97. The summed E-state index contributed by atoms with van der Waals surface area (Å²) < 4.78 is 0. The van der Waals surface area contributed by atoms with Gasteiger partial charge in [0.1, 0.15) is 6.04 Å². The Balaban J connectivity index is 2.96. The molecule has 0 bridgehead atoms. The van der Waals surface area contributed by atoms with Gasteiger partial charge in [0.15, 0.2) is 0 Å². The van der Waals surface area contributed by atoms with Crippen LogP contribution in [0.3, 0.4) is 0 Å². The van der Waals surface area contributed by atoms with Crippen molar-refractivity contribution in [2.75, 3.05) is 14.1 Å². The fourth-order valence-electron chi connectivity index (χ4n) is 2.13. The van der Waals surface area contributed by atoms with Gasteiger partial charge in [0.05, 0.1) is 6.04 Å². The number of benzene rings is 1. The van der Waals surface area contributed by atoms with Crippen molar-refractivity contribution in [3.8, 4) is 0 Å². The Bertz CT molecular complexity index is 387. The van der Waals surface area contributed by atoms with E-state index in [9.17, 15) is 4.79 Å². The van der Waals surface area contributed by atoms with Crippen molar-refractivity contribution in [3.63, 3.8) is 0 Å². The highest BCUT2D eigenvalue weighted by Crippen LogP contribution is 2.22. The van der Waals surface area contributed by atoms with Crippen LogP contribution in [-0.2, 0) is 11.2 Å². The molecule has 0 aliphatic carbocycles. The van der Waals surface area contributed by atoms with Crippen molar-refractivity contribution in [3.05, 3.63) is 35.4 Å². The molecule has 4 heteroatoms. The lowest BCUT2D eigenvalue weighted by Gasteiger charge is -2.28. The molecule has 0 radical (unpaired) electrons. The quantitative estimate of drug-likeness (QED) is 0.805. The number of nitrogens with zero attached hydrogens (tertiary/aromatic N) is 1. The molecule has 0 heterocycles. The number of carboxylic acid groups (broad SMARTS) is 1. The number of likely N-dealkylation sites (N-methyl/N-ethyl adjacent to an activating group) is 1. The number of hydrogen-bond donors (Lipinski definition) is 2. The van der Waals surface area contributed by atoms with Gasteiger partial charge in [0, 0.05) is 0 Å². The average Bonchev–Trinajstić information content (AvgIpc) is 2.31. The fourth-order valence-corrected chi connectivity index (χ4v) is 2.13. The van der Waals surface area contributed by atoms with E-state index in [0.29, 0.717) is 0 Å². The molecule has 0 aliphatic rings. The molecule has 0 aromatic heterocycles. The smallest absolute Gasteiger partial charge is 0.322 e. The van der Waals surface area contributed by atoms with E-state index in [2.05, 4.69) is 6.92 Å². The highest BCUT2D eigenvalue weighted by atomic mass is 16.4. The van der Waals surface area contributed by atoms with E-state index in [4.69, 9.17) is 10.8 Å². The topological polar surface area (TPSA) is 66.6 Å². The molecule has 0 saturated carbocycles. The summed E-state index contributed by atoms with van der Waals surface area (Å²) in [4.78, 5) is 12.9. The van der Waals surface area contributed by atoms with E-state index in [1.54, 1.807) is 0 Å². The molecule has 1 aromatic carbocycles. The van der Waals surface area contributed by atoms with Crippen LogP contribution in [0.1, 0.15) is 30.5 Å². The van der Waals surface area contributed by atoms with E-state index >= 15 is 0 Å². The second-order valence-electron chi connectivity index (χ2n) is 4.76. The van der Waals surface area contributed by atoms with Crippen LogP contribution >= 0.6 is 0 Å². The Kier molecular flexibility index (Phi) is 5.31. The van der Waals surface area contributed by atoms with Gasteiger partial charge < -0.3 is 15.7 Å². The van der Waals surface area contributed by atoms with Crippen LogP contribution in [0.2, 0.25) is 0 Å². The largest absolute Gasteiger partial charge is 0.480 e. The van der Waals surface area contributed by atoms with Crippen molar-refractivity contribution < 1.29 is 9.90 Å². The van der Waals surface area contributed by atoms with E-state index in [-0.39, 0.29) is 6.04 Å². The van der Waals surface area contributed by atoms with Gasteiger partial charge in [-0.05, 0) is 31.6 Å². The number of hydrogen-bond acceptors (Lipinski definition) is 3. The molecule has 100 valence electrons. The molecule has 0 saturated heterocycles. The summed E-state index contributed by atoms with van der Waals surface area (Å²) in [6.07, 6.45) is 2.14. The van der Waals surface area contributed by atoms with Gasteiger partial charge in [-0.15, -0.1) is 0 Å². The highest BCUT2D eigenvalue weighted by Gasteiger charge is 2.27. The second-order valence-corrected chi connectivity index (χ2v) is 4.76. The molecule has 3 N–H and O–H groups in total. The maximum absolute atomic E-state index is 11.0. The molecule has 0 aliphatic heterocycles. The summed E-state index contributed by atoms with van der Waals surface area (Å²) in [6, 6.07) is 6.81. The van der Waals surface area contributed by atoms with Crippen LogP contribution in [0, 0.1) is 0 Å². The lowest BCUT2D eigenvalue weighted by molar-refractivity contribution is -0.140. The van der Waals surface area contributed by atoms with Crippen LogP contribution in [0.15, 0.2) is 24.3 Å². The van der Waals surface area contributed by atoms with Crippen molar-refractivity contribution >= 4 is 5.97 Å². The normalized spacial score (nSPS) is 14.5. The van der Waals surface area contributed by atoms with Crippen LogP contribution in [0.5, 0.6) is 0 Å². The first-order valence-corrected chi connectivity index (χ1v) is 6.21. The molecule has 18 heavy (non-hydrogen) atoms. The molecule has 2 atom stereocenters. The van der Waals surface area contributed by atoms with Crippen molar-refractivity contribution in [2.45, 2.75) is 31.8 Å². The molecule has 0 fully saturated rings. The van der Waals surface area contributed by atoms with E-state index in [1.807, 2.05) is 43.3 Å². The number of rotatable bonds is 6. The molecule has 1 rings (SSSR count). The number of aliphatic carboxylic acids is 1. The predicted octanol–water partition coefficient (Wildman–Crippen LogP) is 1.65. The third-order valence-electron chi connectivity index (χ3n) is 3.04. The van der Waals surface area contributed by atoms with Gasteiger partial charge in [-0.1, -0.05) is 37.6 Å². The van der Waals surface area contributed by atoms with E-state index in [1.165, 1.54) is 5.56 Å². The number of nitrogens with two attached hydrogens (primary N) is 1. The minimum Gasteiger partial charge on any atom is -0.480 e. The first-order valence-electron chi connectivity index (χ1n) is 6.21. The predicted molar refractivity (Wildman–Crippen MR) is 72.5 cm³/mol. The minimum atomic E-state index is -0.980. The van der Waals surface area contributed by atoms with E-state index in [0.717, 1.165) is 18.4 Å². The van der Waals surface area contributed by atoms with Crippen molar-refractivity contribution in [1.82, 2.24) is 4.90 Å². The maximum atomic E-state index is 11.0. The molecule has 0 spiro atoms. The summed E-state index contributed by atoms with van der Waals surface area (Å²) in [7, 11) is 3.68. The van der Waals surface area contributed by atoms with Gasteiger partial charge >= 0.3 is 5.97 Å². The number of aryl methyl sites for hydroxylation is 1. The summed E-state index contributed by atoms with van der Waals surface area (Å²) in [5.74, 6) is -0.980. The van der Waals surface area contributed by atoms with Gasteiger partial charge in [0.25, 0.3) is 0 Å². The van der Waals surface area contributed by atoms with Crippen molar-refractivity contribution in [1.29, 1.82) is 0 Å². The standard InChI is InChI=1S/C14H22N2O2/c1-4-5-10-6-8-11(9-7-10)13(16(2)3)12(15)14(17)18/h6-9,12-13H,4-5,15H2,1-3H3,(H,17,18). The summed E-state index contributed by atoms with van der Waals surface area (Å²) in [6.45, 7) is 2.14. The van der Waals surface area contributed by atoms with Gasteiger partial charge in [0.2, 0.25) is 0 Å². The first kappa shape index (κ1) is 14.7.